The van der Waals surface area contributed by atoms with Crippen LogP contribution in [0.15, 0.2) is 24.4 Å². The summed E-state index contributed by atoms with van der Waals surface area (Å²) < 4.78 is 0. The van der Waals surface area contributed by atoms with Crippen LogP contribution in [0.1, 0.15) is 28.4 Å². The Balaban J connectivity index is 2.49. The lowest BCUT2D eigenvalue weighted by molar-refractivity contribution is 0.0159. The van der Waals surface area contributed by atoms with Crippen LogP contribution in [0, 0.1) is 0 Å². The molecule has 0 amide bonds. The maximum Gasteiger partial charge on any atom is 0.152 e. The zero-order valence-electron chi connectivity index (χ0n) is 9.84. The van der Waals surface area contributed by atoms with E-state index in [1.54, 1.807) is 18.3 Å². The number of aromatic nitrogens is 1. The van der Waals surface area contributed by atoms with Crippen LogP contribution < -0.4 is 5.73 Å². The van der Waals surface area contributed by atoms with E-state index in [1.165, 1.54) is 0 Å². The van der Waals surface area contributed by atoms with Crippen LogP contribution in [0.2, 0.25) is 0 Å². The van der Waals surface area contributed by atoms with Crippen molar-refractivity contribution in [3.63, 3.8) is 0 Å². The quantitative estimate of drug-likeness (QED) is 0.586. The monoisotopic (exact) mass is 248 g/mol. The summed E-state index contributed by atoms with van der Waals surface area (Å²) in [5, 5.41) is 20.6. The number of H-pyrrole nitrogens is 1. The van der Waals surface area contributed by atoms with Crippen LogP contribution in [0.25, 0.3) is 10.9 Å². The summed E-state index contributed by atoms with van der Waals surface area (Å²) in [6, 6.07) is 5.28. The molecular weight excluding hydrogens is 232 g/mol. The van der Waals surface area contributed by atoms with Crippen LogP contribution in [-0.2, 0) is 0 Å². The Hall–Kier alpha value is -1.69. The molecule has 2 rings (SSSR count). The second-order valence-electron chi connectivity index (χ2n) is 4.22. The fraction of sp³-hybridized carbons (Fsp3) is 0.308. The van der Waals surface area contributed by atoms with E-state index in [0.717, 1.165) is 11.8 Å². The molecule has 2 unspecified atom stereocenters. The Morgan fingerprint density at radius 1 is 1.39 bits per heavy atom. The maximum atomic E-state index is 11.0. The van der Waals surface area contributed by atoms with E-state index in [-0.39, 0.29) is 0 Å². The number of aliphatic hydroxyl groups is 2. The summed E-state index contributed by atoms with van der Waals surface area (Å²) >= 11 is 0. The van der Waals surface area contributed by atoms with Gasteiger partial charge in [-0.3, -0.25) is 4.79 Å². The molecule has 0 saturated heterocycles. The van der Waals surface area contributed by atoms with Crippen LogP contribution >= 0.6 is 0 Å². The van der Waals surface area contributed by atoms with Crippen molar-refractivity contribution in [1.82, 2.24) is 4.98 Å². The van der Waals surface area contributed by atoms with Gasteiger partial charge in [0.25, 0.3) is 0 Å². The second-order valence-corrected chi connectivity index (χ2v) is 4.22. The van der Waals surface area contributed by atoms with Gasteiger partial charge in [0.2, 0.25) is 0 Å². The molecule has 0 aliphatic heterocycles. The summed E-state index contributed by atoms with van der Waals surface area (Å²) in [7, 11) is 0. The number of hydrogen-bond acceptors (Lipinski definition) is 4. The number of benzene rings is 1. The molecule has 0 saturated carbocycles. The molecule has 5 heteroatoms. The highest BCUT2D eigenvalue weighted by molar-refractivity contribution is 5.99. The standard InChI is InChI=1S/C13H16N2O3/c14-5-4-11(17)13(18)9-2-1-3-10-12(9)8(7-16)6-15-10/h1-3,6-7,11,13,15,17-18H,4-5,14H2. The summed E-state index contributed by atoms with van der Waals surface area (Å²) in [4.78, 5) is 13.9. The average molecular weight is 248 g/mol. The van der Waals surface area contributed by atoms with Crippen molar-refractivity contribution in [3.8, 4) is 0 Å². The summed E-state index contributed by atoms with van der Waals surface area (Å²) in [5.74, 6) is 0. The highest BCUT2D eigenvalue weighted by Gasteiger charge is 2.21. The van der Waals surface area contributed by atoms with Crippen molar-refractivity contribution in [2.24, 2.45) is 5.73 Å². The van der Waals surface area contributed by atoms with Crippen molar-refractivity contribution in [2.75, 3.05) is 6.54 Å². The maximum absolute atomic E-state index is 11.0. The van der Waals surface area contributed by atoms with Gasteiger partial charge >= 0.3 is 0 Å². The fourth-order valence-electron chi connectivity index (χ4n) is 2.12. The van der Waals surface area contributed by atoms with E-state index < -0.39 is 12.2 Å². The molecule has 0 fully saturated rings. The van der Waals surface area contributed by atoms with Crippen molar-refractivity contribution in [1.29, 1.82) is 0 Å². The highest BCUT2D eigenvalue weighted by Crippen LogP contribution is 2.29. The van der Waals surface area contributed by atoms with Gasteiger partial charge in [-0.15, -0.1) is 0 Å². The third-order valence-corrected chi connectivity index (χ3v) is 3.04. The average Bonchev–Trinajstić information content (AvgIpc) is 2.81. The Bertz CT molecular complexity index is 550. The van der Waals surface area contributed by atoms with Crippen LogP contribution in [0.5, 0.6) is 0 Å². The summed E-state index contributed by atoms with van der Waals surface area (Å²) in [6.45, 7) is 0.294. The first kappa shape index (κ1) is 12.8. The molecule has 5 nitrogen and oxygen atoms in total. The number of aromatic amines is 1. The summed E-state index contributed by atoms with van der Waals surface area (Å²) in [5.41, 5.74) is 7.13. The van der Waals surface area contributed by atoms with Crippen molar-refractivity contribution >= 4 is 17.2 Å². The predicted octanol–water partition coefficient (Wildman–Crippen LogP) is 0.723. The van der Waals surface area contributed by atoms with Gasteiger partial charge in [0.1, 0.15) is 6.10 Å². The van der Waals surface area contributed by atoms with Gasteiger partial charge in [-0.2, -0.15) is 0 Å². The van der Waals surface area contributed by atoms with Crippen molar-refractivity contribution < 1.29 is 15.0 Å². The van der Waals surface area contributed by atoms with Crippen molar-refractivity contribution in [2.45, 2.75) is 18.6 Å². The van der Waals surface area contributed by atoms with Gasteiger partial charge in [-0.25, -0.2) is 0 Å². The van der Waals surface area contributed by atoms with Gasteiger partial charge in [-0.05, 0) is 24.6 Å². The number of aliphatic hydroxyl groups excluding tert-OH is 2. The van der Waals surface area contributed by atoms with Gasteiger partial charge in [0.15, 0.2) is 6.29 Å². The Morgan fingerprint density at radius 3 is 2.83 bits per heavy atom. The van der Waals surface area contributed by atoms with E-state index in [2.05, 4.69) is 4.98 Å². The number of nitrogens with two attached hydrogens (primary N) is 1. The van der Waals surface area contributed by atoms with Gasteiger partial charge < -0.3 is 20.9 Å². The Morgan fingerprint density at radius 2 is 2.17 bits per heavy atom. The van der Waals surface area contributed by atoms with E-state index in [1.807, 2.05) is 6.07 Å². The molecule has 0 spiro atoms. The number of fused-ring (bicyclic) bond motifs is 1. The smallest absolute Gasteiger partial charge is 0.152 e. The van der Waals surface area contributed by atoms with Gasteiger partial charge in [0, 0.05) is 22.7 Å². The lowest BCUT2D eigenvalue weighted by Crippen LogP contribution is -2.22. The lowest BCUT2D eigenvalue weighted by Gasteiger charge is -2.18. The summed E-state index contributed by atoms with van der Waals surface area (Å²) in [6.07, 6.45) is 0.633. The lowest BCUT2D eigenvalue weighted by atomic mass is 9.97. The minimum Gasteiger partial charge on any atom is -0.390 e. The molecule has 18 heavy (non-hydrogen) atoms. The number of rotatable bonds is 5. The van der Waals surface area contributed by atoms with Gasteiger partial charge in [0.05, 0.1) is 6.10 Å². The molecule has 1 aromatic carbocycles. The Kier molecular flexibility index (Phi) is 3.76. The fourth-order valence-corrected chi connectivity index (χ4v) is 2.12. The minimum absolute atomic E-state index is 0.294. The molecule has 96 valence electrons. The number of hydrogen-bond donors (Lipinski definition) is 4. The van der Waals surface area contributed by atoms with E-state index >= 15 is 0 Å². The highest BCUT2D eigenvalue weighted by atomic mass is 16.3. The van der Waals surface area contributed by atoms with E-state index in [4.69, 9.17) is 5.73 Å². The zero-order chi connectivity index (χ0) is 13.1. The SMILES string of the molecule is NCCC(O)C(O)c1cccc2[nH]cc(C=O)c12. The van der Waals surface area contributed by atoms with Crippen LogP contribution in [-0.4, -0.2) is 34.1 Å². The number of aldehydes is 1. The molecule has 1 heterocycles. The molecule has 0 bridgehead atoms. The number of nitrogens with one attached hydrogen (secondary N) is 1. The first-order valence-corrected chi connectivity index (χ1v) is 5.80. The van der Waals surface area contributed by atoms with Crippen molar-refractivity contribution in [3.05, 3.63) is 35.5 Å². The molecule has 0 aliphatic rings. The van der Waals surface area contributed by atoms with Crippen LogP contribution in [0.3, 0.4) is 0 Å². The van der Waals surface area contributed by atoms with Crippen LogP contribution in [0.4, 0.5) is 0 Å². The normalized spacial score (nSPS) is 14.6. The number of carbonyl (C=O) groups is 1. The molecule has 1 aromatic heterocycles. The van der Waals surface area contributed by atoms with E-state index in [0.29, 0.717) is 29.5 Å². The third kappa shape index (κ3) is 2.15. The predicted molar refractivity (Wildman–Crippen MR) is 68.3 cm³/mol. The zero-order valence-corrected chi connectivity index (χ0v) is 9.84. The Labute approximate surface area is 104 Å². The third-order valence-electron chi connectivity index (χ3n) is 3.04. The topological polar surface area (TPSA) is 99.3 Å². The second kappa shape index (κ2) is 5.30. The largest absolute Gasteiger partial charge is 0.390 e. The molecule has 2 aromatic rings. The van der Waals surface area contributed by atoms with E-state index in [9.17, 15) is 15.0 Å². The first-order valence-electron chi connectivity index (χ1n) is 5.80. The molecular formula is C13H16N2O3. The minimum atomic E-state index is -1.05. The number of carbonyl (C=O) groups excluding carboxylic acids is 1. The molecule has 0 aliphatic carbocycles. The van der Waals surface area contributed by atoms with Gasteiger partial charge in [-0.1, -0.05) is 12.1 Å². The molecule has 0 radical (unpaired) electrons. The molecule has 5 N–H and O–H groups in total. The first-order chi connectivity index (χ1) is 8.69. The molecule has 2 atom stereocenters.